The number of benzene rings is 2. The maximum atomic E-state index is 9.45. The summed E-state index contributed by atoms with van der Waals surface area (Å²) in [7, 11) is 0. The first kappa shape index (κ1) is 14.2. The van der Waals surface area contributed by atoms with Gasteiger partial charge >= 0.3 is 0 Å². The normalized spacial score (nSPS) is 10.3. The van der Waals surface area contributed by atoms with Gasteiger partial charge in [0.25, 0.3) is 0 Å². The molecular formula is C18H20O2. The van der Waals surface area contributed by atoms with Crippen LogP contribution in [0.15, 0.2) is 54.1 Å². The van der Waals surface area contributed by atoms with Crippen LogP contribution in [0.2, 0.25) is 0 Å². The Kier molecular flexibility index (Phi) is 4.46. The van der Waals surface area contributed by atoms with E-state index in [9.17, 15) is 10.2 Å². The van der Waals surface area contributed by atoms with Crippen LogP contribution in [0.3, 0.4) is 0 Å². The van der Waals surface area contributed by atoms with Crippen LogP contribution in [0.5, 0.6) is 11.5 Å². The van der Waals surface area contributed by atoms with E-state index in [0.717, 1.165) is 24.0 Å². The van der Waals surface area contributed by atoms with E-state index in [4.69, 9.17) is 0 Å². The number of hydrogen-bond donors (Lipinski definition) is 2. The fourth-order valence-corrected chi connectivity index (χ4v) is 2.43. The lowest BCUT2D eigenvalue weighted by Gasteiger charge is -2.14. The smallest absolute Gasteiger partial charge is 0.115 e. The molecule has 2 aromatic rings. The van der Waals surface area contributed by atoms with Gasteiger partial charge in [0.2, 0.25) is 0 Å². The van der Waals surface area contributed by atoms with Gasteiger partial charge in [0.05, 0.1) is 0 Å². The third-order valence-corrected chi connectivity index (χ3v) is 3.52. The highest BCUT2D eigenvalue weighted by atomic mass is 16.3. The van der Waals surface area contributed by atoms with Gasteiger partial charge in [-0.3, -0.25) is 0 Å². The van der Waals surface area contributed by atoms with E-state index in [1.807, 2.05) is 24.3 Å². The third kappa shape index (κ3) is 3.02. The maximum Gasteiger partial charge on any atom is 0.115 e. The van der Waals surface area contributed by atoms with Crippen LogP contribution < -0.4 is 0 Å². The predicted molar refractivity (Wildman–Crippen MR) is 82.8 cm³/mol. The van der Waals surface area contributed by atoms with Gasteiger partial charge in [0.15, 0.2) is 0 Å². The van der Waals surface area contributed by atoms with Crippen molar-refractivity contribution in [3.63, 3.8) is 0 Å². The largest absolute Gasteiger partial charge is 0.508 e. The molecule has 0 aliphatic heterocycles. The molecule has 0 bridgehead atoms. The summed E-state index contributed by atoms with van der Waals surface area (Å²) in [5.41, 5.74) is 4.73. The van der Waals surface area contributed by atoms with Gasteiger partial charge in [0.1, 0.15) is 11.5 Å². The SMILES string of the molecule is CCC(CC)=C(c1ccc(O)cc1)c1ccc(O)cc1. The summed E-state index contributed by atoms with van der Waals surface area (Å²) in [4.78, 5) is 0. The Morgan fingerprint density at radius 3 is 1.35 bits per heavy atom. The number of phenols is 2. The van der Waals surface area contributed by atoms with E-state index in [2.05, 4.69) is 13.8 Å². The van der Waals surface area contributed by atoms with Crippen molar-refractivity contribution in [1.82, 2.24) is 0 Å². The summed E-state index contributed by atoms with van der Waals surface area (Å²) in [5, 5.41) is 18.9. The molecule has 104 valence electrons. The van der Waals surface area contributed by atoms with E-state index < -0.39 is 0 Å². The van der Waals surface area contributed by atoms with Crippen molar-refractivity contribution in [1.29, 1.82) is 0 Å². The first-order chi connectivity index (χ1) is 9.65. The molecule has 2 N–H and O–H groups in total. The molecular weight excluding hydrogens is 248 g/mol. The van der Waals surface area contributed by atoms with Gasteiger partial charge in [-0.25, -0.2) is 0 Å². The van der Waals surface area contributed by atoms with E-state index >= 15 is 0 Å². The molecule has 0 atom stereocenters. The monoisotopic (exact) mass is 268 g/mol. The maximum absolute atomic E-state index is 9.45. The quantitative estimate of drug-likeness (QED) is 0.842. The van der Waals surface area contributed by atoms with Crippen molar-refractivity contribution in [2.45, 2.75) is 26.7 Å². The van der Waals surface area contributed by atoms with Crippen LogP contribution in [0, 0.1) is 0 Å². The van der Waals surface area contributed by atoms with Gasteiger partial charge in [-0.05, 0) is 53.8 Å². The number of phenolic OH excluding ortho intramolecular Hbond substituents is 2. The highest BCUT2D eigenvalue weighted by Crippen LogP contribution is 2.31. The Labute approximate surface area is 120 Å². The average Bonchev–Trinajstić information content (AvgIpc) is 2.47. The fraction of sp³-hybridized carbons (Fsp3) is 0.222. The van der Waals surface area contributed by atoms with Crippen LogP contribution >= 0.6 is 0 Å². The van der Waals surface area contributed by atoms with Gasteiger partial charge < -0.3 is 10.2 Å². The van der Waals surface area contributed by atoms with Crippen LogP contribution in [0.25, 0.3) is 5.57 Å². The molecule has 0 spiro atoms. The lowest BCUT2D eigenvalue weighted by atomic mass is 9.90. The number of aromatic hydroxyl groups is 2. The second-order valence-electron chi connectivity index (χ2n) is 4.78. The molecule has 0 aliphatic rings. The summed E-state index contributed by atoms with van der Waals surface area (Å²) >= 11 is 0. The summed E-state index contributed by atoms with van der Waals surface area (Å²) in [6.07, 6.45) is 1.96. The Balaban J connectivity index is 2.59. The highest BCUT2D eigenvalue weighted by molar-refractivity contribution is 5.82. The van der Waals surface area contributed by atoms with Crippen molar-refractivity contribution in [2.24, 2.45) is 0 Å². The van der Waals surface area contributed by atoms with Crippen LogP contribution in [0.1, 0.15) is 37.8 Å². The molecule has 2 rings (SSSR count). The lowest BCUT2D eigenvalue weighted by Crippen LogP contribution is -1.93. The Hall–Kier alpha value is -2.22. The number of allylic oxidation sites excluding steroid dienone is 1. The standard InChI is InChI=1S/C18H20O2/c1-3-13(4-2)18(14-5-9-16(19)10-6-14)15-7-11-17(20)12-8-15/h5-12,19-20H,3-4H2,1-2H3. The van der Waals surface area contributed by atoms with Gasteiger partial charge in [-0.1, -0.05) is 43.7 Å². The van der Waals surface area contributed by atoms with Gasteiger partial charge in [-0.2, -0.15) is 0 Å². The van der Waals surface area contributed by atoms with Crippen molar-refractivity contribution >= 4 is 5.57 Å². The molecule has 0 aliphatic carbocycles. The Bertz CT molecular complexity index is 539. The fourth-order valence-electron chi connectivity index (χ4n) is 2.43. The minimum atomic E-state index is 0.272. The van der Waals surface area contributed by atoms with Gasteiger partial charge in [-0.15, -0.1) is 0 Å². The summed E-state index contributed by atoms with van der Waals surface area (Å²) < 4.78 is 0. The topological polar surface area (TPSA) is 40.5 Å². The minimum Gasteiger partial charge on any atom is -0.508 e. The highest BCUT2D eigenvalue weighted by Gasteiger charge is 2.10. The van der Waals surface area contributed by atoms with E-state index in [0.29, 0.717) is 0 Å². The molecule has 0 heterocycles. The Morgan fingerprint density at radius 1 is 0.700 bits per heavy atom. The zero-order chi connectivity index (χ0) is 14.5. The van der Waals surface area contributed by atoms with Crippen molar-refractivity contribution in [2.75, 3.05) is 0 Å². The molecule has 0 radical (unpaired) electrons. The summed E-state index contributed by atoms with van der Waals surface area (Å²) in [6, 6.07) is 14.6. The van der Waals surface area contributed by atoms with Crippen LogP contribution in [0.4, 0.5) is 0 Å². The van der Waals surface area contributed by atoms with Gasteiger partial charge in [0, 0.05) is 0 Å². The van der Waals surface area contributed by atoms with E-state index in [-0.39, 0.29) is 11.5 Å². The van der Waals surface area contributed by atoms with Crippen LogP contribution in [-0.2, 0) is 0 Å². The minimum absolute atomic E-state index is 0.272. The lowest BCUT2D eigenvalue weighted by molar-refractivity contribution is 0.475. The zero-order valence-electron chi connectivity index (χ0n) is 11.9. The van der Waals surface area contributed by atoms with Crippen molar-refractivity contribution in [3.05, 3.63) is 65.2 Å². The predicted octanol–water partition coefficient (Wildman–Crippen LogP) is 4.72. The molecule has 20 heavy (non-hydrogen) atoms. The molecule has 2 aromatic carbocycles. The average molecular weight is 268 g/mol. The molecule has 0 saturated heterocycles. The molecule has 0 unspecified atom stereocenters. The first-order valence-corrected chi connectivity index (χ1v) is 6.96. The first-order valence-electron chi connectivity index (χ1n) is 6.96. The second kappa shape index (κ2) is 6.29. The van der Waals surface area contributed by atoms with Crippen molar-refractivity contribution in [3.8, 4) is 11.5 Å². The molecule has 0 fully saturated rings. The van der Waals surface area contributed by atoms with Crippen molar-refractivity contribution < 1.29 is 10.2 Å². The molecule has 0 saturated carbocycles. The Morgan fingerprint density at radius 2 is 1.05 bits per heavy atom. The third-order valence-electron chi connectivity index (χ3n) is 3.52. The van der Waals surface area contributed by atoms with E-state index in [1.165, 1.54) is 11.1 Å². The molecule has 2 heteroatoms. The number of hydrogen-bond acceptors (Lipinski definition) is 2. The second-order valence-corrected chi connectivity index (χ2v) is 4.78. The molecule has 2 nitrogen and oxygen atoms in total. The van der Waals surface area contributed by atoms with Crippen LogP contribution in [-0.4, -0.2) is 10.2 Å². The van der Waals surface area contributed by atoms with E-state index in [1.54, 1.807) is 24.3 Å². The summed E-state index contributed by atoms with van der Waals surface area (Å²) in [5.74, 6) is 0.543. The summed E-state index contributed by atoms with van der Waals surface area (Å²) in [6.45, 7) is 4.30. The number of rotatable bonds is 4. The zero-order valence-corrected chi connectivity index (χ0v) is 11.9. The molecule has 0 aromatic heterocycles. The molecule has 0 amide bonds.